The molecule has 3 N–H and O–H groups in total. The molecule has 2 atom stereocenters. The standard InChI is InChI=1S/C21H26N2O2.ClH/c1-15(20(22)16-8-3-2-4-9-16)21(24)23-14-17-10-5-6-13-19(17)25-18-11-7-12-18;/h2-6,8-10,13,15,18,20H,7,11-12,14,22H2,1H3,(H,23,24);1H. The molecule has 0 aliphatic heterocycles. The largest absolute Gasteiger partial charge is 0.490 e. The maximum absolute atomic E-state index is 12.5. The maximum atomic E-state index is 12.5. The van der Waals surface area contributed by atoms with Gasteiger partial charge in [-0.1, -0.05) is 55.5 Å². The summed E-state index contributed by atoms with van der Waals surface area (Å²) >= 11 is 0. The van der Waals surface area contributed by atoms with Crippen molar-refractivity contribution in [2.24, 2.45) is 11.7 Å². The van der Waals surface area contributed by atoms with E-state index in [-0.39, 0.29) is 30.3 Å². The van der Waals surface area contributed by atoms with Gasteiger partial charge in [0.15, 0.2) is 0 Å². The zero-order valence-electron chi connectivity index (χ0n) is 15.1. The third kappa shape index (κ3) is 4.99. The molecule has 26 heavy (non-hydrogen) atoms. The fourth-order valence-corrected chi connectivity index (χ4v) is 2.90. The van der Waals surface area contributed by atoms with Gasteiger partial charge in [-0.2, -0.15) is 0 Å². The van der Waals surface area contributed by atoms with Crippen molar-refractivity contribution in [2.45, 2.75) is 44.9 Å². The van der Waals surface area contributed by atoms with Crippen LogP contribution in [0.5, 0.6) is 5.75 Å². The van der Waals surface area contributed by atoms with Crippen LogP contribution in [0.15, 0.2) is 54.6 Å². The summed E-state index contributed by atoms with van der Waals surface area (Å²) < 4.78 is 6.01. The maximum Gasteiger partial charge on any atom is 0.225 e. The average Bonchev–Trinajstić information content (AvgIpc) is 2.63. The van der Waals surface area contributed by atoms with Crippen LogP contribution in [0.2, 0.25) is 0 Å². The van der Waals surface area contributed by atoms with E-state index in [1.165, 1.54) is 6.42 Å². The number of halogens is 1. The number of carbonyl (C=O) groups is 1. The molecule has 1 aliphatic rings. The highest BCUT2D eigenvalue weighted by molar-refractivity contribution is 5.85. The molecule has 5 heteroatoms. The molecule has 1 fully saturated rings. The first-order valence-corrected chi connectivity index (χ1v) is 8.98. The van der Waals surface area contributed by atoms with Gasteiger partial charge in [-0.05, 0) is 30.9 Å². The molecule has 0 bridgehead atoms. The average molecular weight is 375 g/mol. The zero-order chi connectivity index (χ0) is 17.6. The van der Waals surface area contributed by atoms with Crippen molar-refractivity contribution in [3.63, 3.8) is 0 Å². The molecule has 0 saturated heterocycles. The first kappa shape index (κ1) is 20.3. The Morgan fingerprint density at radius 3 is 2.46 bits per heavy atom. The van der Waals surface area contributed by atoms with Crippen molar-refractivity contribution >= 4 is 18.3 Å². The van der Waals surface area contributed by atoms with Crippen molar-refractivity contribution in [1.82, 2.24) is 5.32 Å². The highest BCUT2D eigenvalue weighted by Crippen LogP contribution is 2.27. The SMILES string of the molecule is CC(C(=O)NCc1ccccc1OC1CCC1)C(N)c1ccccc1.Cl. The second kappa shape index (κ2) is 9.60. The van der Waals surface area contributed by atoms with Crippen LogP contribution >= 0.6 is 12.4 Å². The van der Waals surface area contributed by atoms with E-state index < -0.39 is 0 Å². The van der Waals surface area contributed by atoms with E-state index in [2.05, 4.69) is 5.32 Å². The van der Waals surface area contributed by atoms with Crippen LogP contribution in [0.1, 0.15) is 43.4 Å². The molecule has 2 aromatic rings. The summed E-state index contributed by atoms with van der Waals surface area (Å²) in [5.41, 5.74) is 8.22. The topological polar surface area (TPSA) is 64.3 Å². The molecule has 1 aliphatic carbocycles. The molecule has 0 spiro atoms. The smallest absolute Gasteiger partial charge is 0.225 e. The quantitative estimate of drug-likeness (QED) is 0.770. The van der Waals surface area contributed by atoms with Crippen molar-refractivity contribution in [3.05, 3.63) is 65.7 Å². The molecule has 3 rings (SSSR count). The number of hydrogen-bond acceptors (Lipinski definition) is 3. The summed E-state index contributed by atoms with van der Waals surface area (Å²) in [5, 5.41) is 3.00. The third-order valence-corrected chi connectivity index (χ3v) is 4.91. The number of para-hydroxylation sites is 1. The lowest BCUT2D eigenvalue weighted by Gasteiger charge is -2.27. The Balaban J connectivity index is 0.00000243. The number of hydrogen-bond donors (Lipinski definition) is 2. The van der Waals surface area contributed by atoms with Crippen LogP contribution in [0.3, 0.4) is 0 Å². The number of rotatable bonds is 7. The van der Waals surface area contributed by atoms with Crippen molar-refractivity contribution in [1.29, 1.82) is 0 Å². The Morgan fingerprint density at radius 2 is 1.81 bits per heavy atom. The molecule has 2 aromatic carbocycles. The highest BCUT2D eigenvalue weighted by atomic mass is 35.5. The Bertz CT molecular complexity index is 704. The van der Waals surface area contributed by atoms with Gasteiger partial charge in [0.1, 0.15) is 5.75 Å². The van der Waals surface area contributed by atoms with Gasteiger partial charge in [-0.3, -0.25) is 4.79 Å². The minimum absolute atomic E-state index is 0. The summed E-state index contributed by atoms with van der Waals surface area (Å²) in [4.78, 5) is 12.5. The summed E-state index contributed by atoms with van der Waals surface area (Å²) in [5.74, 6) is 0.518. The number of nitrogens with two attached hydrogens (primary N) is 1. The molecule has 0 heterocycles. The second-order valence-electron chi connectivity index (χ2n) is 6.72. The van der Waals surface area contributed by atoms with Crippen molar-refractivity contribution < 1.29 is 9.53 Å². The zero-order valence-corrected chi connectivity index (χ0v) is 15.9. The summed E-state index contributed by atoms with van der Waals surface area (Å²) in [6.45, 7) is 2.32. The second-order valence-corrected chi connectivity index (χ2v) is 6.72. The predicted octanol–water partition coefficient (Wildman–Crippen LogP) is 3.99. The highest BCUT2D eigenvalue weighted by Gasteiger charge is 2.23. The summed E-state index contributed by atoms with van der Waals surface area (Å²) in [7, 11) is 0. The minimum Gasteiger partial charge on any atom is -0.490 e. The van der Waals surface area contributed by atoms with Gasteiger partial charge in [0.05, 0.1) is 12.0 Å². The molecule has 1 saturated carbocycles. The van der Waals surface area contributed by atoms with Crippen molar-refractivity contribution in [2.75, 3.05) is 0 Å². The Hall–Kier alpha value is -2.04. The van der Waals surface area contributed by atoms with Crippen LogP contribution in [0.25, 0.3) is 0 Å². The van der Waals surface area contributed by atoms with Crippen molar-refractivity contribution in [3.8, 4) is 5.75 Å². The Labute approximate surface area is 161 Å². The fourth-order valence-electron chi connectivity index (χ4n) is 2.90. The molecule has 2 unspecified atom stereocenters. The Kier molecular flexibility index (Phi) is 7.49. The lowest BCUT2D eigenvalue weighted by atomic mass is 9.94. The van der Waals surface area contributed by atoms with Gasteiger partial charge in [-0.25, -0.2) is 0 Å². The molecule has 1 amide bonds. The molecular formula is C21H27ClN2O2. The first-order chi connectivity index (χ1) is 12.1. The van der Waals surface area contributed by atoms with Crippen LogP contribution < -0.4 is 15.8 Å². The lowest BCUT2D eigenvalue weighted by Crippen LogP contribution is -2.35. The summed E-state index contributed by atoms with van der Waals surface area (Å²) in [6.07, 6.45) is 3.79. The number of carbonyl (C=O) groups excluding carboxylic acids is 1. The van der Waals surface area contributed by atoms with Gasteiger partial charge in [0.25, 0.3) is 0 Å². The molecule has 140 valence electrons. The van der Waals surface area contributed by atoms with E-state index in [0.717, 1.165) is 29.7 Å². The van der Waals surface area contributed by atoms with Gasteiger partial charge >= 0.3 is 0 Å². The fraction of sp³-hybridized carbons (Fsp3) is 0.381. The first-order valence-electron chi connectivity index (χ1n) is 8.98. The number of ether oxygens (including phenoxy) is 1. The molecule has 0 aromatic heterocycles. The van der Waals surface area contributed by atoms with Crippen LogP contribution in [0, 0.1) is 5.92 Å². The molecule has 4 nitrogen and oxygen atoms in total. The lowest BCUT2D eigenvalue weighted by molar-refractivity contribution is -0.125. The minimum atomic E-state index is -0.317. The normalized spacial score (nSPS) is 15.9. The van der Waals surface area contributed by atoms with E-state index in [1.807, 2.05) is 61.5 Å². The van der Waals surface area contributed by atoms with Gasteiger partial charge < -0.3 is 15.8 Å². The molecule has 0 radical (unpaired) electrons. The number of benzene rings is 2. The van der Waals surface area contributed by atoms with Gasteiger partial charge in [0, 0.05) is 18.2 Å². The van der Waals surface area contributed by atoms with E-state index in [1.54, 1.807) is 0 Å². The monoisotopic (exact) mass is 374 g/mol. The number of amides is 1. The van der Waals surface area contributed by atoms with E-state index >= 15 is 0 Å². The van der Waals surface area contributed by atoms with Gasteiger partial charge in [-0.15, -0.1) is 12.4 Å². The van der Waals surface area contributed by atoms with Crippen LogP contribution in [0.4, 0.5) is 0 Å². The van der Waals surface area contributed by atoms with Crippen LogP contribution in [-0.2, 0) is 11.3 Å². The van der Waals surface area contributed by atoms with E-state index in [0.29, 0.717) is 12.6 Å². The van der Waals surface area contributed by atoms with E-state index in [9.17, 15) is 4.79 Å². The summed E-state index contributed by atoms with van der Waals surface area (Å²) in [6, 6.07) is 17.3. The Morgan fingerprint density at radius 1 is 1.15 bits per heavy atom. The molecular weight excluding hydrogens is 348 g/mol. The number of nitrogens with one attached hydrogen (secondary N) is 1. The van der Waals surface area contributed by atoms with Crippen LogP contribution in [-0.4, -0.2) is 12.0 Å². The van der Waals surface area contributed by atoms with Gasteiger partial charge in [0.2, 0.25) is 5.91 Å². The van der Waals surface area contributed by atoms with E-state index in [4.69, 9.17) is 10.5 Å². The predicted molar refractivity (Wildman–Crippen MR) is 106 cm³/mol. The third-order valence-electron chi connectivity index (χ3n) is 4.91.